The molecule has 1 saturated heterocycles. The van der Waals surface area contributed by atoms with E-state index in [1.165, 1.54) is 11.3 Å². The first-order chi connectivity index (χ1) is 11.0. The summed E-state index contributed by atoms with van der Waals surface area (Å²) in [6.45, 7) is 7.03. The lowest BCUT2D eigenvalue weighted by Gasteiger charge is -2.32. The van der Waals surface area contributed by atoms with Crippen molar-refractivity contribution in [2.45, 2.75) is 39.7 Å². The summed E-state index contributed by atoms with van der Waals surface area (Å²) in [5, 5.41) is 8.95. The van der Waals surface area contributed by atoms with Gasteiger partial charge in [-0.05, 0) is 39.7 Å². The molecule has 0 bridgehead atoms. The molecule has 122 valence electrons. The minimum Gasteiger partial charge on any atom is -0.471 e. The van der Waals surface area contributed by atoms with Crippen molar-refractivity contribution in [3.8, 4) is 5.88 Å². The van der Waals surface area contributed by atoms with Gasteiger partial charge in [0, 0.05) is 12.6 Å². The number of carbonyl (C=O) groups is 1. The van der Waals surface area contributed by atoms with Gasteiger partial charge < -0.3 is 9.64 Å². The largest absolute Gasteiger partial charge is 0.471 e. The molecule has 0 N–H and O–H groups in total. The molecule has 0 radical (unpaired) electrons. The molecule has 0 aromatic carbocycles. The summed E-state index contributed by atoms with van der Waals surface area (Å²) in [4.78, 5) is 19.6. The van der Waals surface area contributed by atoms with Crippen molar-refractivity contribution >= 4 is 17.2 Å². The summed E-state index contributed by atoms with van der Waals surface area (Å²) < 4.78 is 5.88. The van der Waals surface area contributed by atoms with Crippen LogP contribution in [0.15, 0.2) is 12.1 Å². The Kier molecular flexibility index (Phi) is 4.56. The van der Waals surface area contributed by atoms with Gasteiger partial charge >= 0.3 is 0 Å². The Bertz CT molecular complexity index is 699. The van der Waals surface area contributed by atoms with Gasteiger partial charge in [0.2, 0.25) is 5.88 Å². The maximum absolute atomic E-state index is 12.7. The molecular weight excluding hydrogens is 312 g/mol. The van der Waals surface area contributed by atoms with Gasteiger partial charge in [0.1, 0.15) is 11.0 Å². The minimum absolute atomic E-state index is 0.0426. The molecule has 23 heavy (non-hydrogen) atoms. The molecule has 0 spiro atoms. The lowest BCUT2D eigenvalue weighted by molar-refractivity contribution is 0.0529. The number of aryl methyl sites for hydroxylation is 3. The molecule has 2 aromatic heterocycles. The average molecular weight is 332 g/mol. The number of likely N-dealkylation sites (tertiary alicyclic amines) is 1. The van der Waals surface area contributed by atoms with Crippen molar-refractivity contribution in [2.24, 2.45) is 0 Å². The number of ether oxygens (including phenoxy) is 1. The maximum atomic E-state index is 12.7. The summed E-state index contributed by atoms with van der Waals surface area (Å²) in [5.74, 6) is 0.566. The second kappa shape index (κ2) is 6.62. The van der Waals surface area contributed by atoms with Gasteiger partial charge in [-0.1, -0.05) is 0 Å². The van der Waals surface area contributed by atoms with Crippen LogP contribution in [0.4, 0.5) is 0 Å². The van der Waals surface area contributed by atoms with E-state index in [1.807, 2.05) is 37.8 Å². The highest BCUT2D eigenvalue weighted by Crippen LogP contribution is 2.23. The van der Waals surface area contributed by atoms with Crippen LogP contribution < -0.4 is 4.74 Å². The number of thiazole rings is 1. The number of nitrogens with zero attached hydrogens (tertiary/aromatic N) is 4. The van der Waals surface area contributed by atoms with E-state index in [0.29, 0.717) is 12.4 Å². The standard InChI is InChI=1S/C16H20N4O2S/c1-10-6-7-14(19-18-10)22-13-5-4-8-20(9-13)16(21)15-11(2)17-12(3)23-15/h6-7,13H,4-5,8-9H2,1-3H3. The van der Waals surface area contributed by atoms with Crippen LogP contribution in [0, 0.1) is 20.8 Å². The highest BCUT2D eigenvalue weighted by atomic mass is 32.1. The van der Waals surface area contributed by atoms with Gasteiger partial charge in [-0.3, -0.25) is 4.79 Å². The zero-order chi connectivity index (χ0) is 16.4. The number of rotatable bonds is 3. The molecule has 7 heteroatoms. The summed E-state index contributed by atoms with van der Waals surface area (Å²) in [6, 6.07) is 3.69. The second-order valence-corrected chi connectivity index (χ2v) is 7.00. The third-order valence-corrected chi connectivity index (χ3v) is 4.88. The molecule has 0 aliphatic carbocycles. The van der Waals surface area contributed by atoms with Gasteiger partial charge in [-0.25, -0.2) is 4.98 Å². The van der Waals surface area contributed by atoms with Crippen LogP contribution in [0.3, 0.4) is 0 Å². The lowest BCUT2D eigenvalue weighted by Crippen LogP contribution is -2.44. The molecule has 1 aliphatic heterocycles. The van der Waals surface area contributed by atoms with Gasteiger partial charge in [0.15, 0.2) is 0 Å². The summed E-state index contributed by atoms with van der Waals surface area (Å²) in [7, 11) is 0. The quantitative estimate of drug-likeness (QED) is 0.864. The molecule has 1 amide bonds. The molecule has 0 saturated carbocycles. The van der Waals surface area contributed by atoms with Crippen LogP contribution in [-0.4, -0.2) is 45.2 Å². The second-order valence-electron chi connectivity index (χ2n) is 5.79. The Morgan fingerprint density at radius 3 is 2.78 bits per heavy atom. The van der Waals surface area contributed by atoms with Crippen molar-refractivity contribution < 1.29 is 9.53 Å². The van der Waals surface area contributed by atoms with Crippen LogP contribution in [-0.2, 0) is 0 Å². The fourth-order valence-corrected chi connectivity index (χ4v) is 3.60. The smallest absolute Gasteiger partial charge is 0.265 e. The van der Waals surface area contributed by atoms with E-state index in [4.69, 9.17) is 4.74 Å². The third-order valence-electron chi connectivity index (χ3n) is 3.82. The van der Waals surface area contributed by atoms with Crippen LogP contribution in [0.25, 0.3) is 0 Å². The first kappa shape index (κ1) is 15.9. The summed E-state index contributed by atoms with van der Waals surface area (Å²) >= 11 is 1.46. The van der Waals surface area contributed by atoms with Crippen molar-refractivity contribution in [1.29, 1.82) is 0 Å². The Labute approximate surface area is 139 Å². The average Bonchev–Trinajstić information content (AvgIpc) is 2.88. The fraction of sp³-hybridized carbons (Fsp3) is 0.500. The normalized spacial score (nSPS) is 18.0. The zero-order valence-electron chi connectivity index (χ0n) is 13.6. The highest BCUT2D eigenvalue weighted by Gasteiger charge is 2.28. The predicted octanol–water partition coefficient (Wildman–Crippen LogP) is 2.54. The van der Waals surface area contributed by atoms with Crippen molar-refractivity contribution in [2.75, 3.05) is 13.1 Å². The predicted molar refractivity (Wildman–Crippen MR) is 87.9 cm³/mol. The van der Waals surface area contributed by atoms with E-state index in [0.717, 1.165) is 40.7 Å². The SMILES string of the molecule is Cc1ccc(OC2CCCN(C(=O)c3sc(C)nc3C)C2)nn1. The van der Waals surface area contributed by atoms with E-state index in [2.05, 4.69) is 15.2 Å². The fourth-order valence-electron chi connectivity index (χ4n) is 2.71. The van der Waals surface area contributed by atoms with Crippen molar-refractivity contribution in [3.05, 3.63) is 33.4 Å². The first-order valence-electron chi connectivity index (χ1n) is 7.73. The maximum Gasteiger partial charge on any atom is 0.265 e. The van der Waals surface area contributed by atoms with Crippen LogP contribution >= 0.6 is 11.3 Å². The Morgan fingerprint density at radius 2 is 2.13 bits per heavy atom. The van der Waals surface area contributed by atoms with Gasteiger partial charge in [-0.2, -0.15) is 5.10 Å². The van der Waals surface area contributed by atoms with E-state index < -0.39 is 0 Å². The van der Waals surface area contributed by atoms with Crippen LogP contribution in [0.5, 0.6) is 5.88 Å². The van der Waals surface area contributed by atoms with Gasteiger partial charge in [-0.15, -0.1) is 16.4 Å². The van der Waals surface area contributed by atoms with Crippen LogP contribution in [0.1, 0.15) is 38.9 Å². The highest BCUT2D eigenvalue weighted by molar-refractivity contribution is 7.13. The van der Waals surface area contributed by atoms with Gasteiger partial charge in [0.25, 0.3) is 5.91 Å². The number of piperidine rings is 1. The Morgan fingerprint density at radius 1 is 1.30 bits per heavy atom. The van der Waals surface area contributed by atoms with Crippen LogP contribution in [0.2, 0.25) is 0 Å². The zero-order valence-corrected chi connectivity index (χ0v) is 14.4. The molecule has 2 aromatic rings. The summed E-state index contributed by atoms with van der Waals surface area (Å²) in [6.07, 6.45) is 1.80. The number of hydrogen-bond donors (Lipinski definition) is 0. The Hall–Kier alpha value is -2.02. The van der Waals surface area contributed by atoms with E-state index in [1.54, 1.807) is 0 Å². The Balaban J connectivity index is 1.67. The lowest BCUT2D eigenvalue weighted by atomic mass is 10.1. The number of hydrogen-bond acceptors (Lipinski definition) is 6. The first-order valence-corrected chi connectivity index (χ1v) is 8.55. The molecule has 1 aliphatic rings. The van der Waals surface area contributed by atoms with E-state index in [-0.39, 0.29) is 12.0 Å². The van der Waals surface area contributed by atoms with Crippen molar-refractivity contribution in [3.63, 3.8) is 0 Å². The van der Waals surface area contributed by atoms with E-state index >= 15 is 0 Å². The molecule has 3 heterocycles. The van der Waals surface area contributed by atoms with Gasteiger partial charge in [0.05, 0.1) is 22.9 Å². The molecule has 1 atom stereocenters. The molecule has 1 fully saturated rings. The molecule has 3 rings (SSSR count). The van der Waals surface area contributed by atoms with Crippen molar-refractivity contribution in [1.82, 2.24) is 20.1 Å². The molecule has 1 unspecified atom stereocenters. The monoisotopic (exact) mass is 332 g/mol. The number of aromatic nitrogens is 3. The third kappa shape index (κ3) is 3.67. The number of amides is 1. The topological polar surface area (TPSA) is 68.2 Å². The number of carbonyl (C=O) groups excluding carboxylic acids is 1. The minimum atomic E-state index is -0.0426. The summed E-state index contributed by atoms with van der Waals surface area (Å²) in [5.41, 5.74) is 1.67. The van der Waals surface area contributed by atoms with E-state index in [9.17, 15) is 4.79 Å². The molecular formula is C16H20N4O2S. The molecule has 6 nitrogen and oxygen atoms in total.